The van der Waals surface area contributed by atoms with Crippen LogP contribution < -0.4 is 10.6 Å². The number of halogens is 2. The van der Waals surface area contributed by atoms with E-state index in [0.29, 0.717) is 18.2 Å². The molecule has 0 saturated heterocycles. The quantitative estimate of drug-likeness (QED) is 0.757. The van der Waals surface area contributed by atoms with Gasteiger partial charge in [0.05, 0.1) is 0 Å². The minimum atomic E-state index is -0.160. The molecule has 0 radical (unpaired) electrons. The van der Waals surface area contributed by atoms with Crippen molar-refractivity contribution < 1.29 is 4.39 Å². The first-order valence-electron chi connectivity index (χ1n) is 5.97. The maximum absolute atomic E-state index is 13.4. The Morgan fingerprint density at radius 3 is 2.71 bits per heavy atom. The van der Waals surface area contributed by atoms with Crippen LogP contribution in [0.2, 0.25) is 0 Å². The zero-order chi connectivity index (χ0) is 12.7. The Morgan fingerprint density at radius 1 is 1.29 bits per heavy atom. The molecule has 96 valence electrons. The fraction of sp³-hybridized carbons (Fsp3) is 0.538. The maximum Gasteiger partial charge on any atom is 0.128 e. The van der Waals surface area contributed by atoms with Crippen molar-refractivity contribution in [2.45, 2.75) is 32.9 Å². The minimum absolute atomic E-state index is 0.160. The molecule has 0 aliphatic heterocycles. The molecule has 0 spiro atoms. The van der Waals surface area contributed by atoms with E-state index in [1.807, 2.05) is 6.07 Å². The average Bonchev–Trinajstić information content (AvgIpc) is 2.25. The summed E-state index contributed by atoms with van der Waals surface area (Å²) in [4.78, 5) is 0. The lowest BCUT2D eigenvalue weighted by atomic mass is 10.2. The van der Waals surface area contributed by atoms with Crippen molar-refractivity contribution in [2.24, 2.45) is 0 Å². The number of nitrogens with one attached hydrogen (secondary N) is 2. The molecule has 0 aromatic heterocycles. The number of hydrogen-bond donors (Lipinski definition) is 2. The summed E-state index contributed by atoms with van der Waals surface area (Å²) in [6.45, 7) is 6.73. The van der Waals surface area contributed by atoms with Gasteiger partial charge in [-0.25, -0.2) is 4.39 Å². The normalized spacial score (nSPS) is 11.1. The predicted octanol–water partition coefficient (Wildman–Crippen LogP) is 3.07. The topological polar surface area (TPSA) is 24.1 Å². The lowest BCUT2D eigenvalue weighted by Gasteiger charge is -2.09. The lowest BCUT2D eigenvalue weighted by Crippen LogP contribution is -2.26. The highest BCUT2D eigenvalue weighted by Gasteiger charge is 2.01. The molecule has 0 fully saturated rings. The molecule has 0 saturated carbocycles. The number of benzene rings is 1. The van der Waals surface area contributed by atoms with E-state index in [-0.39, 0.29) is 5.82 Å². The third-order valence-electron chi connectivity index (χ3n) is 2.41. The molecule has 1 aromatic carbocycles. The molecular formula is C13H20BrFN2. The van der Waals surface area contributed by atoms with Crippen LogP contribution >= 0.6 is 15.9 Å². The van der Waals surface area contributed by atoms with Crippen LogP contribution in [0, 0.1) is 5.82 Å². The second-order valence-electron chi connectivity index (χ2n) is 4.37. The first kappa shape index (κ1) is 14.6. The third-order valence-corrected chi connectivity index (χ3v) is 2.91. The van der Waals surface area contributed by atoms with Crippen molar-refractivity contribution >= 4 is 15.9 Å². The molecule has 0 unspecified atom stereocenters. The van der Waals surface area contributed by atoms with Gasteiger partial charge in [0.25, 0.3) is 0 Å². The summed E-state index contributed by atoms with van der Waals surface area (Å²) < 4.78 is 14.2. The minimum Gasteiger partial charge on any atom is -0.314 e. The summed E-state index contributed by atoms with van der Waals surface area (Å²) in [5.74, 6) is -0.160. The van der Waals surface area contributed by atoms with Gasteiger partial charge in [-0.1, -0.05) is 35.8 Å². The smallest absolute Gasteiger partial charge is 0.128 e. The summed E-state index contributed by atoms with van der Waals surface area (Å²) in [7, 11) is 0. The van der Waals surface area contributed by atoms with Gasteiger partial charge in [-0.2, -0.15) is 0 Å². The van der Waals surface area contributed by atoms with Crippen LogP contribution in [0.15, 0.2) is 22.7 Å². The van der Waals surface area contributed by atoms with Crippen molar-refractivity contribution in [3.05, 3.63) is 34.1 Å². The summed E-state index contributed by atoms with van der Waals surface area (Å²) in [6.07, 6.45) is 1.05. The summed E-state index contributed by atoms with van der Waals surface area (Å²) in [6, 6.07) is 5.69. The molecular weight excluding hydrogens is 283 g/mol. The molecule has 17 heavy (non-hydrogen) atoms. The molecule has 0 aliphatic carbocycles. The van der Waals surface area contributed by atoms with Gasteiger partial charge in [-0.05, 0) is 31.6 Å². The van der Waals surface area contributed by atoms with Crippen molar-refractivity contribution in [3.8, 4) is 0 Å². The van der Waals surface area contributed by atoms with Crippen LogP contribution in [0.25, 0.3) is 0 Å². The van der Waals surface area contributed by atoms with Crippen molar-refractivity contribution in [2.75, 3.05) is 13.1 Å². The van der Waals surface area contributed by atoms with Gasteiger partial charge in [-0.15, -0.1) is 0 Å². The molecule has 1 aromatic rings. The van der Waals surface area contributed by atoms with Crippen molar-refractivity contribution in [1.29, 1.82) is 0 Å². The van der Waals surface area contributed by atoms with Crippen LogP contribution in [0.3, 0.4) is 0 Å². The first-order chi connectivity index (χ1) is 8.09. The Balaban J connectivity index is 2.18. The van der Waals surface area contributed by atoms with Crippen molar-refractivity contribution in [3.63, 3.8) is 0 Å². The highest BCUT2D eigenvalue weighted by atomic mass is 79.9. The predicted molar refractivity (Wildman–Crippen MR) is 73.6 cm³/mol. The van der Waals surface area contributed by atoms with Crippen LogP contribution in [0.5, 0.6) is 0 Å². The maximum atomic E-state index is 13.4. The van der Waals surface area contributed by atoms with E-state index in [2.05, 4.69) is 40.4 Å². The van der Waals surface area contributed by atoms with Gasteiger partial charge in [0, 0.05) is 22.6 Å². The standard InChI is InChI=1S/C13H20BrFN2/c1-10(2)17-7-3-6-16-9-11-4-5-12(14)8-13(11)15/h4-5,8,10,16-17H,3,6-7,9H2,1-2H3. The van der Waals surface area contributed by atoms with Crippen LogP contribution in [-0.2, 0) is 6.54 Å². The zero-order valence-corrected chi connectivity index (χ0v) is 12.0. The van der Waals surface area contributed by atoms with E-state index >= 15 is 0 Å². The van der Waals surface area contributed by atoms with E-state index in [1.54, 1.807) is 6.07 Å². The Kier molecular flexibility index (Phi) is 6.70. The van der Waals surface area contributed by atoms with E-state index < -0.39 is 0 Å². The number of hydrogen-bond acceptors (Lipinski definition) is 2. The van der Waals surface area contributed by atoms with Crippen LogP contribution in [0.4, 0.5) is 4.39 Å². The molecule has 0 heterocycles. The van der Waals surface area contributed by atoms with Gasteiger partial charge in [0.15, 0.2) is 0 Å². The monoisotopic (exact) mass is 302 g/mol. The second kappa shape index (κ2) is 7.80. The molecule has 4 heteroatoms. The number of rotatable bonds is 7. The first-order valence-corrected chi connectivity index (χ1v) is 6.77. The fourth-order valence-electron chi connectivity index (χ4n) is 1.49. The van der Waals surface area contributed by atoms with E-state index in [4.69, 9.17) is 0 Å². The molecule has 2 nitrogen and oxygen atoms in total. The summed E-state index contributed by atoms with van der Waals surface area (Å²) in [5.41, 5.74) is 0.713. The Hall–Kier alpha value is -0.450. The molecule has 0 atom stereocenters. The van der Waals surface area contributed by atoms with Crippen LogP contribution in [0.1, 0.15) is 25.8 Å². The van der Waals surface area contributed by atoms with Gasteiger partial charge in [0.1, 0.15) is 5.82 Å². The van der Waals surface area contributed by atoms with Gasteiger partial charge >= 0.3 is 0 Å². The highest BCUT2D eigenvalue weighted by Crippen LogP contribution is 2.14. The van der Waals surface area contributed by atoms with Crippen LogP contribution in [-0.4, -0.2) is 19.1 Å². The van der Waals surface area contributed by atoms with Crippen molar-refractivity contribution in [1.82, 2.24) is 10.6 Å². The van der Waals surface area contributed by atoms with E-state index in [9.17, 15) is 4.39 Å². The third kappa shape index (κ3) is 6.15. The Morgan fingerprint density at radius 2 is 2.06 bits per heavy atom. The summed E-state index contributed by atoms with van der Waals surface area (Å²) >= 11 is 3.24. The molecule has 0 bridgehead atoms. The Bertz CT molecular complexity index is 342. The largest absolute Gasteiger partial charge is 0.314 e. The SMILES string of the molecule is CC(C)NCCCNCc1ccc(Br)cc1F. The second-order valence-corrected chi connectivity index (χ2v) is 5.29. The van der Waals surface area contributed by atoms with E-state index in [1.165, 1.54) is 6.07 Å². The highest BCUT2D eigenvalue weighted by molar-refractivity contribution is 9.10. The molecule has 2 N–H and O–H groups in total. The van der Waals surface area contributed by atoms with Gasteiger partial charge in [-0.3, -0.25) is 0 Å². The molecule has 0 amide bonds. The fourth-order valence-corrected chi connectivity index (χ4v) is 1.83. The molecule has 1 rings (SSSR count). The lowest BCUT2D eigenvalue weighted by molar-refractivity contribution is 0.539. The average molecular weight is 303 g/mol. The molecule has 0 aliphatic rings. The summed E-state index contributed by atoms with van der Waals surface area (Å²) in [5, 5.41) is 6.58. The van der Waals surface area contributed by atoms with E-state index in [0.717, 1.165) is 24.0 Å². The van der Waals surface area contributed by atoms with Gasteiger partial charge < -0.3 is 10.6 Å². The zero-order valence-electron chi connectivity index (χ0n) is 10.4. The Labute approximate surface area is 111 Å². The van der Waals surface area contributed by atoms with Gasteiger partial charge in [0.2, 0.25) is 0 Å².